The summed E-state index contributed by atoms with van der Waals surface area (Å²) >= 11 is 0. The maximum atomic E-state index is 12.4. The zero-order chi connectivity index (χ0) is 18.4. The Kier molecular flexibility index (Phi) is 4.58. The minimum absolute atomic E-state index is 0.164. The number of nitrogens with one attached hydrogen (secondary N) is 1. The summed E-state index contributed by atoms with van der Waals surface area (Å²) < 4.78 is 11.8. The van der Waals surface area contributed by atoms with Crippen LogP contribution in [0.2, 0.25) is 0 Å². The van der Waals surface area contributed by atoms with E-state index in [1.54, 1.807) is 0 Å². The third kappa shape index (κ3) is 2.64. The van der Waals surface area contributed by atoms with Gasteiger partial charge >= 0.3 is 5.69 Å². The fourth-order valence-corrected chi connectivity index (χ4v) is 3.26. The summed E-state index contributed by atoms with van der Waals surface area (Å²) in [5.74, 6) is -4.83. The third-order valence-corrected chi connectivity index (χ3v) is 4.64. The Morgan fingerprint density at radius 2 is 1.96 bits per heavy atom. The van der Waals surface area contributed by atoms with Gasteiger partial charge < -0.3 is 29.9 Å². The zero-order valence-corrected chi connectivity index (χ0v) is 13.6. The van der Waals surface area contributed by atoms with E-state index in [0.717, 1.165) is 4.57 Å². The lowest BCUT2D eigenvalue weighted by Crippen LogP contribution is -2.65. The second-order valence-corrected chi connectivity index (χ2v) is 6.17. The SMILES string of the molecule is Cc1cn([C@]2(N3CCOCC3)O[C@H](CO)C(O)(O)C2O)c(=O)[nH]c1=O. The van der Waals surface area contributed by atoms with Crippen molar-refractivity contribution in [2.75, 3.05) is 32.9 Å². The van der Waals surface area contributed by atoms with Gasteiger partial charge in [-0.3, -0.25) is 19.2 Å². The standard InChI is InChI=1S/C14H21N3O8/c1-8-6-17(12(21)15-10(8)19)14(16-2-4-24-5-3-16)11(20)13(22,23)9(7-18)25-14/h6,9,11,18,20,22-23H,2-5,7H2,1H3,(H,15,19,21)/t9-,11?,14+/m1/s1. The normalized spacial score (nSPS) is 32.8. The Morgan fingerprint density at radius 3 is 2.52 bits per heavy atom. The van der Waals surface area contributed by atoms with Crippen LogP contribution in [-0.4, -0.2) is 85.8 Å². The van der Waals surface area contributed by atoms with Gasteiger partial charge in [0.25, 0.3) is 5.56 Å². The number of morpholine rings is 1. The van der Waals surface area contributed by atoms with Gasteiger partial charge in [0.15, 0.2) is 6.10 Å². The topological polar surface area (TPSA) is 157 Å². The van der Waals surface area contributed by atoms with E-state index in [4.69, 9.17) is 9.47 Å². The van der Waals surface area contributed by atoms with Crippen LogP contribution in [0.4, 0.5) is 0 Å². The predicted molar refractivity (Wildman–Crippen MR) is 81.6 cm³/mol. The van der Waals surface area contributed by atoms with E-state index < -0.39 is 41.7 Å². The van der Waals surface area contributed by atoms with Crippen molar-refractivity contribution in [3.8, 4) is 0 Å². The van der Waals surface area contributed by atoms with Crippen molar-refractivity contribution < 1.29 is 29.9 Å². The lowest BCUT2D eigenvalue weighted by atomic mass is 10.0. The number of aromatic amines is 1. The summed E-state index contributed by atoms with van der Waals surface area (Å²) in [6.07, 6.45) is -2.39. The van der Waals surface area contributed by atoms with Gasteiger partial charge in [0.2, 0.25) is 11.6 Å². The zero-order valence-electron chi connectivity index (χ0n) is 13.6. The molecule has 3 atom stereocenters. The predicted octanol–water partition coefficient (Wildman–Crippen LogP) is -3.78. The second-order valence-electron chi connectivity index (χ2n) is 6.17. The summed E-state index contributed by atoms with van der Waals surface area (Å²) in [5.41, 5.74) is -1.34. The Bertz CT molecular complexity index is 753. The van der Waals surface area contributed by atoms with E-state index in [0.29, 0.717) is 0 Å². The van der Waals surface area contributed by atoms with Gasteiger partial charge in [-0.05, 0) is 6.92 Å². The number of hydrogen-bond donors (Lipinski definition) is 5. The molecule has 11 nitrogen and oxygen atoms in total. The Hall–Kier alpha value is -1.60. The largest absolute Gasteiger partial charge is 0.393 e. The molecule has 25 heavy (non-hydrogen) atoms. The lowest BCUT2D eigenvalue weighted by Gasteiger charge is -2.44. The Morgan fingerprint density at radius 1 is 1.32 bits per heavy atom. The van der Waals surface area contributed by atoms with Crippen LogP contribution in [0.15, 0.2) is 15.8 Å². The molecule has 2 fully saturated rings. The molecule has 0 saturated carbocycles. The van der Waals surface area contributed by atoms with Crippen LogP contribution in [0.5, 0.6) is 0 Å². The number of aromatic nitrogens is 2. The molecule has 1 aromatic heterocycles. The molecule has 5 N–H and O–H groups in total. The average Bonchev–Trinajstić information content (AvgIpc) is 2.80. The van der Waals surface area contributed by atoms with E-state index in [1.807, 2.05) is 0 Å². The molecule has 0 spiro atoms. The fourth-order valence-electron chi connectivity index (χ4n) is 3.26. The molecule has 0 amide bonds. The smallest absolute Gasteiger partial charge is 0.331 e. The molecule has 0 bridgehead atoms. The highest BCUT2D eigenvalue weighted by atomic mass is 16.6. The lowest BCUT2D eigenvalue weighted by molar-refractivity contribution is -0.266. The van der Waals surface area contributed by atoms with E-state index in [1.165, 1.54) is 18.0 Å². The van der Waals surface area contributed by atoms with Crippen molar-refractivity contribution in [1.29, 1.82) is 0 Å². The van der Waals surface area contributed by atoms with Gasteiger partial charge in [-0.15, -0.1) is 0 Å². The Balaban J connectivity index is 2.23. The second kappa shape index (κ2) is 6.29. The summed E-state index contributed by atoms with van der Waals surface area (Å²) in [7, 11) is 0. The average molecular weight is 359 g/mol. The van der Waals surface area contributed by atoms with Crippen molar-refractivity contribution in [3.63, 3.8) is 0 Å². The maximum Gasteiger partial charge on any atom is 0.331 e. The van der Waals surface area contributed by atoms with Crippen molar-refractivity contribution >= 4 is 0 Å². The molecule has 2 aliphatic rings. The summed E-state index contributed by atoms with van der Waals surface area (Å²) in [6, 6.07) is 0. The number of rotatable bonds is 3. The van der Waals surface area contributed by atoms with Crippen LogP contribution in [-0.2, 0) is 15.3 Å². The van der Waals surface area contributed by atoms with Crippen LogP contribution in [0.3, 0.4) is 0 Å². The first-order valence-corrected chi connectivity index (χ1v) is 7.82. The van der Waals surface area contributed by atoms with E-state index in [-0.39, 0.29) is 31.9 Å². The van der Waals surface area contributed by atoms with Crippen LogP contribution in [0, 0.1) is 6.92 Å². The number of ether oxygens (including phenoxy) is 2. The molecular weight excluding hydrogens is 338 g/mol. The summed E-state index contributed by atoms with van der Waals surface area (Å²) in [4.78, 5) is 27.7. The number of hydrogen-bond acceptors (Lipinski definition) is 9. The molecule has 0 aliphatic carbocycles. The first-order valence-electron chi connectivity index (χ1n) is 7.82. The van der Waals surface area contributed by atoms with Gasteiger partial charge in [0.05, 0.1) is 19.8 Å². The van der Waals surface area contributed by atoms with Crippen LogP contribution in [0.1, 0.15) is 5.56 Å². The highest BCUT2D eigenvalue weighted by molar-refractivity contribution is 5.09. The van der Waals surface area contributed by atoms with Gasteiger partial charge in [0.1, 0.15) is 6.10 Å². The number of nitrogens with zero attached hydrogens (tertiary/aromatic N) is 2. The molecule has 1 unspecified atom stereocenters. The molecule has 140 valence electrons. The van der Waals surface area contributed by atoms with Crippen molar-refractivity contribution in [2.24, 2.45) is 0 Å². The summed E-state index contributed by atoms with van der Waals surface area (Å²) in [6.45, 7) is 1.63. The first-order chi connectivity index (χ1) is 11.7. The van der Waals surface area contributed by atoms with Crippen LogP contribution < -0.4 is 11.2 Å². The van der Waals surface area contributed by atoms with E-state index in [9.17, 15) is 30.0 Å². The monoisotopic (exact) mass is 359 g/mol. The quantitative estimate of drug-likeness (QED) is 0.342. The third-order valence-electron chi connectivity index (χ3n) is 4.64. The van der Waals surface area contributed by atoms with E-state index >= 15 is 0 Å². The van der Waals surface area contributed by atoms with Gasteiger partial charge in [-0.25, -0.2) is 4.79 Å². The number of H-pyrrole nitrogens is 1. The summed E-state index contributed by atoms with van der Waals surface area (Å²) in [5, 5.41) is 40.6. The van der Waals surface area contributed by atoms with E-state index in [2.05, 4.69) is 4.98 Å². The van der Waals surface area contributed by atoms with Gasteiger partial charge in [-0.1, -0.05) is 0 Å². The molecule has 3 heterocycles. The molecule has 11 heteroatoms. The molecular formula is C14H21N3O8. The minimum Gasteiger partial charge on any atom is -0.393 e. The van der Waals surface area contributed by atoms with Crippen LogP contribution in [0.25, 0.3) is 0 Å². The molecule has 3 rings (SSSR count). The number of aliphatic hydroxyl groups is 4. The van der Waals surface area contributed by atoms with Crippen LogP contribution >= 0.6 is 0 Å². The van der Waals surface area contributed by atoms with Gasteiger partial charge in [0, 0.05) is 24.8 Å². The van der Waals surface area contributed by atoms with Crippen molar-refractivity contribution in [3.05, 3.63) is 32.6 Å². The minimum atomic E-state index is -2.81. The highest BCUT2D eigenvalue weighted by Crippen LogP contribution is 2.42. The van der Waals surface area contributed by atoms with Crippen molar-refractivity contribution in [2.45, 2.75) is 30.8 Å². The molecule has 2 aliphatic heterocycles. The molecule has 0 radical (unpaired) electrons. The molecule has 0 aromatic carbocycles. The number of aliphatic hydroxyl groups excluding tert-OH is 2. The molecule has 1 aromatic rings. The number of aryl methyl sites for hydroxylation is 1. The fraction of sp³-hybridized carbons (Fsp3) is 0.714. The first kappa shape index (κ1) is 18.2. The maximum absolute atomic E-state index is 12.4. The van der Waals surface area contributed by atoms with Gasteiger partial charge in [-0.2, -0.15) is 0 Å². The Labute approximate surface area is 141 Å². The molecule has 2 saturated heterocycles. The van der Waals surface area contributed by atoms with Crippen molar-refractivity contribution in [1.82, 2.24) is 14.5 Å². The highest BCUT2D eigenvalue weighted by Gasteiger charge is 2.67.